The Labute approximate surface area is 228 Å². The molecule has 38 heavy (non-hydrogen) atoms. The van der Waals surface area contributed by atoms with Crippen molar-refractivity contribution in [1.29, 1.82) is 5.41 Å². The lowest BCUT2D eigenvalue weighted by atomic mass is 9.99. The van der Waals surface area contributed by atoms with Crippen molar-refractivity contribution in [1.82, 2.24) is 5.01 Å². The molecule has 1 amide bonds. The van der Waals surface area contributed by atoms with Crippen molar-refractivity contribution in [2.45, 2.75) is 47.0 Å². The minimum absolute atomic E-state index is 0.00997. The normalized spacial score (nSPS) is 16.9. The first-order chi connectivity index (χ1) is 18.3. The summed E-state index contributed by atoms with van der Waals surface area (Å²) >= 11 is 1.33. The average Bonchev–Trinajstić information content (AvgIpc) is 3.34. The Bertz CT molecular complexity index is 1280. The Balaban J connectivity index is 1.42. The van der Waals surface area contributed by atoms with Crippen LogP contribution in [0.5, 0.6) is 17.2 Å². The van der Waals surface area contributed by atoms with Gasteiger partial charge in [0.05, 0.1) is 12.2 Å². The Morgan fingerprint density at radius 2 is 1.74 bits per heavy atom. The average molecular weight is 535 g/mol. The Morgan fingerprint density at radius 1 is 1.00 bits per heavy atom. The molecule has 0 saturated heterocycles. The predicted molar refractivity (Wildman–Crippen MR) is 154 cm³/mol. The van der Waals surface area contributed by atoms with E-state index in [-0.39, 0.29) is 17.3 Å². The van der Waals surface area contributed by atoms with Crippen molar-refractivity contribution in [3.8, 4) is 17.2 Å². The fraction of sp³-hybridized carbons (Fsp3) is 0.379. The molecular formula is C29H34N4O4S. The molecule has 2 aromatic rings. The molecule has 0 aromatic heterocycles. The summed E-state index contributed by atoms with van der Waals surface area (Å²) in [6.07, 6.45) is 2.74. The highest BCUT2D eigenvalue weighted by Gasteiger charge is 2.36. The van der Waals surface area contributed by atoms with E-state index >= 15 is 0 Å². The van der Waals surface area contributed by atoms with Gasteiger partial charge in [-0.1, -0.05) is 45.9 Å². The summed E-state index contributed by atoms with van der Waals surface area (Å²) in [5.74, 6) is 2.20. The number of aliphatic imine (C=N–C) groups is 1. The van der Waals surface area contributed by atoms with Crippen LogP contribution in [0.3, 0.4) is 0 Å². The molecule has 200 valence electrons. The van der Waals surface area contributed by atoms with E-state index in [0.717, 1.165) is 17.2 Å². The van der Waals surface area contributed by atoms with Gasteiger partial charge in [0.2, 0.25) is 5.17 Å². The first kappa shape index (κ1) is 27.4. The van der Waals surface area contributed by atoms with Gasteiger partial charge in [-0.3, -0.25) is 10.2 Å². The van der Waals surface area contributed by atoms with Gasteiger partial charge in [0, 0.05) is 5.92 Å². The number of carbonyl (C=O) groups excluding carboxylic acids is 1. The van der Waals surface area contributed by atoms with Gasteiger partial charge in [0.1, 0.15) is 24.0 Å². The number of rotatable bonds is 11. The largest absolute Gasteiger partial charge is 0.490 e. The molecule has 0 bridgehead atoms. The summed E-state index contributed by atoms with van der Waals surface area (Å²) in [5.41, 5.74) is 2.18. The van der Waals surface area contributed by atoms with E-state index in [0.29, 0.717) is 48.0 Å². The molecule has 0 unspecified atom stereocenters. The minimum Gasteiger partial charge on any atom is -0.490 e. The number of hydrazone groups is 1. The highest BCUT2D eigenvalue weighted by Crippen LogP contribution is 2.33. The summed E-state index contributed by atoms with van der Waals surface area (Å²) < 4.78 is 17.6. The van der Waals surface area contributed by atoms with E-state index in [1.54, 1.807) is 18.2 Å². The standard InChI is InChI=1S/C29H34N4O4S/c1-6-19(5)21-9-11-22(12-10-21)36-14-15-37-24-13-8-20(17-25(24)35-7-2)16-23-26(30)33-29(31-27(23)34)38-28(32-33)18(3)4/h8-13,16-19,30H,6-7,14-15H2,1-5H3/b23-16+,30-26?/t19-/m1/s1. The van der Waals surface area contributed by atoms with Crippen molar-refractivity contribution in [3.63, 3.8) is 0 Å². The molecule has 9 heteroatoms. The van der Waals surface area contributed by atoms with Gasteiger partial charge < -0.3 is 14.2 Å². The fourth-order valence-electron chi connectivity index (χ4n) is 3.85. The molecule has 2 heterocycles. The number of benzene rings is 2. The van der Waals surface area contributed by atoms with Crippen molar-refractivity contribution in [2.24, 2.45) is 16.0 Å². The molecule has 0 spiro atoms. The molecule has 1 N–H and O–H groups in total. The number of fused-ring (bicyclic) bond motifs is 1. The van der Waals surface area contributed by atoms with E-state index in [4.69, 9.17) is 19.6 Å². The Hall–Kier alpha value is -3.59. The zero-order valence-electron chi connectivity index (χ0n) is 22.5. The first-order valence-electron chi connectivity index (χ1n) is 12.9. The van der Waals surface area contributed by atoms with Gasteiger partial charge >= 0.3 is 0 Å². The van der Waals surface area contributed by atoms with E-state index in [1.807, 2.05) is 39.0 Å². The molecule has 0 saturated carbocycles. The van der Waals surface area contributed by atoms with Crippen molar-refractivity contribution in [3.05, 3.63) is 59.2 Å². The van der Waals surface area contributed by atoms with E-state index < -0.39 is 5.91 Å². The number of nitrogens with one attached hydrogen (secondary N) is 1. The lowest BCUT2D eigenvalue weighted by Crippen LogP contribution is -2.35. The van der Waals surface area contributed by atoms with Crippen molar-refractivity contribution < 1.29 is 19.0 Å². The lowest BCUT2D eigenvalue weighted by Gasteiger charge is -2.20. The summed E-state index contributed by atoms with van der Waals surface area (Å²) in [6, 6.07) is 13.6. The van der Waals surface area contributed by atoms with E-state index in [9.17, 15) is 4.79 Å². The van der Waals surface area contributed by atoms with Crippen LogP contribution in [0.1, 0.15) is 58.1 Å². The highest BCUT2D eigenvalue weighted by molar-refractivity contribution is 8.27. The third-order valence-corrected chi connectivity index (χ3v) is 7.42. The molecule has 0 fully saturated rings. The first-order valence-corrected chi connectivity index (χ1v) is 13.7. The molecule has 2 aliphatic heterocycles. The van der Waals surface area contributed by atoms with E-state index in [2.05, 4.69) is 36.1 Å². The van der Waals surface area contributed by atoms with Gasteiger partial charge in [-0.25, -0.2) is 0 Å². The highest BCUT2D eigenvalue weighted by atomic mass is 32.2. The minimum atomic E-state index is -0.457. The Kier molecular flexibility index (Phi) is 8.89. The van der Waals surface area contributed by atoms with Crippen LogP contribution in [0.4, 0.5) is 0 Å². The maximum Gasteiger partial charge on any atom is 0.283 e. The molecule has 1 atom stereocenters. The van der Waals surface area contributed by atoms with Gasteiger partial charge in [-0.2, -0.15) is 15.1 Å². The van der Waals surface area contributed by atoms with Crippen LogP contribution in [-0.2, 0) is 4.79 Å². The van der Waals surface area contributed by atoms with Gasteiger partial charge in [-0.05, 0) is 72.5 Å². The van der Waals surface area contributed by atoms with Crippen LogP contribution in [0.2, 0.25) is 0 Å². The molecule has 2 aliphatic rings. The van der Waals surface area contributed by atoms with Gasteiger partial charge in [0.25, 0.3) is 5.91 Å². The number of ether oxygens (including phenoxy) is 3. The fourth-order valence-corrected chi connectivity index (χ4v) is 4.74. The maximum atomic E-state index is 12.7. The third-order valence-electron chi connectivity index (χ3n) is 6.21. The number of thioether (sulfide) groups is 1. The van der Waals surface area contributed by atoms with Crippen LogP contribution < -0.4 is 14.2 Å². The molecule has 8 nitrogen and oxygen atoms in total. The van der Waals surface area contributed by atoms with Crippen molar-refractivity contribution >= 4 is 39.8 Å². The lowest BCUT2D eigenvalue weighted by molar-refractivity contribution is -0.114. The van der Waals surface area contributed by atoms with Gasteiger partial charge in [0.15, 0.2) is 17.3 Å². The Morgan fingerprint density at radius 3 is 2.42 bits per heavy atom. The predicted octanol–water partition coefficient (Wildman–Crippen LogP) is 6.33. The SMILES string of the molecule is CCOc1cc(/C=C2\C(=N)N3N=C(C(C)C)SC3=NC2=O)ccc1OCCOc1ccc([C@H](C)CC)cc1. The topological polar surface area (TPSA) is 96.6 Å². The van der Waals surface area contributed by atoms with Crippen LogP contribution in [-0.4, -0.2) is 46.8 Å². The smallest absolute Gasteiger partial charge is 0.283 e. The summed E-state index contributed by atoms with van der Waals surface area (Å²) in [4.78, 5) is 16.9. The summed E-state index contributed by atoms with van der Waals surface area (Å²) in [5, 5.41) is 15.7. The molecule has 0 aliphatic carbocycles. The second-order valence-corrected chi connectivity index (χ2v) is 10.3. The summed E-state index contributed by atoms with van der Waals surface area (Å²) in [6.45, 7) is 11.5. The van der Waals surface area contributed by atoms with Gasteiger partial charge in [-0.15, -0.1) is 0 Å². The van der Waals surface area contributed by atoms with Crippen LogP contribution >= 0.6 is 11.8 Å². The van der Waals surface area contributed by atoms with E-state index in [1.165, 1.54) is 22.3 Å². The van der Waals surface area contributed by atoms with Crippen LogP contribution in [0.25, 0.3) is 6.08 Å². The number of carbonyl (C=O) groups is 1. The number of amides is 1. The molecular weight excluding hydrogens is 500 g/mol. The third kappa shape index (κ3) is 6.27. The monoisotopic (exact) mass is 534 g/mol. The second-order valence-electron chi connectivity index (χ2n) is 9.33. The molecule has 4 rings (SSSR count). The van der Waals surface area contributed by atoms with Crippen LogP contribution in [0, 0.1) is 11.3 Å². The molecule has 2 aromatic carbocycles. The van der Waals surface area contributed by atoms with Crippen molar-refractivity contribution in [2.75, 3.05) is 19.8 Å². The number of nitrogens with zero attached hydrogens (tertiary/aromatic N) is 3. The molecule has 0 radical (unpaired) electrons. The number of hydrogen-bond acceptors (Lipinski definition) is 7. The number of amidine groups is 2. The maximum absolute atomic E-state index is 12.7. The zero-order chi connectivity index (χ0) is 27.2. The second kappa shape index (κ2) is 12.3. The zero-order valence-corrected chi connectivity index (χ0v) is 23.3. The summed E-state index contributed by atoms with van der Waals surface area (Å²) in [7, 11) is 0. The quantitative estimate of drug-likeness (QED) is 0.267. The number of hydrogen-bond donors (Lipinski definition) is 1. The van der Waals surface area contributed by atoms with Crippen LogP contribution in [0.15, 0.2) is 58.1 Å².